The first-order valence-corrected chi connectivity index (χ1v) is 11.5. The van der Waals surface area contributed by atoms with Crippen LogP contribution in [0.25, 0.3) is 17.0 Å². The minimum atomic E-state index is -4.78. The fraction of sp³-hybridized carbons (Fsp3) is 0.179. The number of Topliss-reactive ketones (excluding diaryl/α,β-unsaturated/α-hetero) is 1. The molecule has 0 aliphatic carbocycles. The lowest BCUT2D eigenvalue weighted by molar-refractivity contribution is -0.274. The maximum Gasteiger partial charge on any atom is 0.573 e. The van der Waals surface area contributed by atoms with Crippen LogP contribution in [0.5, 0.6) is 11.5 Å². The Kier molecular flexibility index (Phi) is 6.07. The molecule has 1 aliphatic heterocycles. The van der Waals surface area contributed by atoms with Crippen LogP contribution in [0.3, 0.4) is 0 Å². The van der Waals surface area contributed by atoms with E-state index in [2.05, 4.69) is 15.8 Å². The molecule has 0 amide bonds. The summed E-state index contributed by atoms with van der Waals surface area (Å²) < 4.78 is 54.6. The number of pyridine rings is 1. The smallest absolute Gasteiger partial charge is 0.487 e. The summed E-state index contributed by atoms with van der Waals surface area (Å²) in [5.74, 6) is 0.438. The van der Waals surface area contributed by atoms with Crippen LogP contribution in [0.1, 0.15) is 36.2 Å². The van der Waals surface area contributed by atoms with E-state index in [1.165, 1.54) is 22.7 Å². The van der Waals surface area contributed by atoms with E-state index < -0.39 is 12.0 Å². The number of ketones is 1. The fourth-order valence-electron chi connectivity index (χ4n) is 4.08. The highest BCUT2D eigenvalue weighted by Crippen LogP contribution is 2.41. The number of imidazole rings is 1. The second kappa shape index (κ2) is 9.27. The Morgan fingerprint density at radius 2 is 1.63 bits per heavy atom. The van der Waals surface area contributed by atoms with Gasteiger partial charge in [-0.3, -0.25) is 4.79 Å². The Balaban J connectivity index is 1.34. The first-order valence-electron chi connectivity index (χ1n) is 11.5. The highest BCUT2D eigenvalue weighted by atomic mass is 19.4. The van der Waals surface area contributed by atoms with Crippen LogP contribution in [-0.4, -0.2) is 27.1 Å². The number of halogens is 3. The van der Waals surface area contributed by atoms with Crippen molar-refractivity contribution in [3.05, 3.63) is 95.4 Å². The van der Waals surface area contributed by atoms with Gasteiger partial charge in [0.15, 0.2) is 5.60 Å². The number of fused-ring (bicyclic) bond motifs is 1. The van der Waals surface area contributed by atoms with E-state index in [9.17, 15) is 18.0 Å². The van der Waals surface area contributed by atoms with Crippen molar-refractivity contribution in [2.24, 2.45) is 0 Å². The summed E-state index contributed by atoms with van der Waals surface area (Å²) in [6, 6.07) is 18.4. The van der Waals surface area contributed by atoms with Gasteiger partial charge in [0.05, 0.1) is 29.1 Å². The molecule has 0 bridgehead atoms. The second-order valence-electron chi connectivity index (χ2n) is 9.06. The van der Waals surface area contributed by atoms with Crippen LogP contribution < -0.4 is 9.47 Å². The zero-order valence-electron chi connectivity index (χ0n) is 20.2. The Labute approximate surface area is 215 Å². The number of hydrogen-bond acceptors (Lipinski definition) is 6. The second-order valence-corrected chi connectivity index (χ2v) is 9.06. The minimum Gasteiger partial charge on any atom is -0.487 e. The van der Waals surface area contributed by atoms with Gasteiger partial charge in [0, 0.05) is 11.8 Å². The molecule has 0 saturated heterocycles. The Hall–Kier alpha value is -4.78. The van der Waals surface area contributed by atoms with Crippen LogP contribution >= 0.6 is 0 Å². The number of nitriles is 1. The van der Waals surface area contributed by atoms with Gasteiger partial charge in [-0.15, -0.1) is 13.2 Å². The first kappa shape index (κ1) is 24.9. The summed E-state index contributed by atoms with van der Waals surface area (Å²) in [4.78, 5) is 17.5. The maximum absolute atomic E-state index is 13.2. The van der Waals surface area contributed by atoms with Crippen molar-refractivity contribution in [2.45, 2.75) is 32.4 Å². The Morgan fingerprint density at radius 3 is 2.29 bits per heavy atom. The highest BCUT2D eigenvalue weighted by Gasteiger charge is 2.42. The third-order valence-electron chi connectivity index (χ3n) is 5.87. The summed E-state index contributed by atoms with van der Waals surface area (Å²) in [5, 5.41) is 9.07. The number of carbonyl (C=O) groups is 1. The number of benzene rings is 2. The first-order chi connectivity index (χ1) is 18.0. The highest BCUT2D eigenvalue weighted by molar-refractivity contribution is 6.32. The number of aromatic nitrogens is 2. The molecule has 5 rings (SSSR count). The standard InChI is InChI=1S/C28H20F3N3O4/c1-27(2)26(35)24(25(38-27)19-5-3-17(13-32)4-6-19)18-7-9-21(10-8-18)36-16-20-14-34-15-22(37-28(29,30)31)11-12-23(34)33-20/h3-12,14-15H,16H2,1-2H3. The molecule has 0 unspecified atom stereocenters. The molecule has 0 N–H and O–H groups in total. The molecular formula is C28H20F3N3O4. The zero-order valence-corrected chi connectivity index (χ0v) is 20.2. The van der Waals surface area contributed by atoms with Crippen LogP contribution in [0.15, 0.2) is 73.1 Å². The van der Waals surface area contributed by atoms with Crippen molar-refractivity contribution in [3.63, 3.8) is 0 Å². The van der Waals surface area contributed by atoms with Gasteiger partial charge in [0.25, 0.3) is 0 Å². The Bertz CT molecular complexity index is 1600. The van der Waals surface area contributed by atoms with Crippen LogP contribution in [-0.2, 0) is 16.1 Å². The molecule has 0 spiro atoms. The van der Waals surface area contributed by atoms with Gasteiger partial charge in [0.2, 0.25) is 5.78 Å². The number of hydrogen-bond donors (Lipinski definition) is 0. The third-order valence-corrected chi connectivity index (χ3v) is 5.87. The molecule has 7 nitrogen and oxygen atoms in total. The molecule has 0 saturated carbocycles. The summed E-state index contributed by atoms with van der Waals surface area (Å²) in [5.41, 5.74) is 2.18. The summed E-state index contributed by atoms with van der Waals surface area (Å²) in [6.07, 6.45) is -2.04. The van der Waals surface area contributed by atoms with E-state index in [0.717, 1.165) is 0 Å². The topological polar surface area (TPSA) is 85.8 Å². The van der Waals surface area contributed by atoms with Crippen LogP contribution in [0, 0.1) is 11.3 Å². The van der Waals surface area contributed by atoms with Crippen LogP contribution in [0.2, 0.25) is 0 Å². The Morgan fingerprint density at radius 1 is 0.974 bits per heavy atom. The number of ether oxygens (including phenoxy) is 3. The molecule has 10 heteroatoms. The monoisotopic (exact) mass is 519 g/mol. The molecule has 2 aromatic carbocycles. The van der Waals surface area contributed by atoms with Crippen molar-refractivity contribution in [3.8, 4) is 17.6 Å². The molecule has 38 heavy (non-hydrogen) atoms. The molecule has 1 aliphatic rings. The molecular weight excluding hydrogens is 499 g/mol. The van der Waals surface area contributed by atoms with Gasteiger partial charge in [-0.25, -0.2) is 4.98 Å². The lowest BCUT2D eigenvalue weighted by Crippen LogP contribution is -2.29. The average molecular weight is 519 g/mol. The quantitative estimate of drug-likeness (QED) is 0.314. The van der Waals surface area contributed by atoms with Gasteiger partial charge in [0.1, 0.15) is 29.5 Å². The van der Waals surface area contributed by atoms with Gasteiger partial charge >= 0.3 is 6.36 Å². The van der Waals surface area contributed by atoms with Gasteiger partial charge in [-0.1, -0.05) is 12.1 Å². The molecule has 4 aromatic rings. The van der Waals surface area contributed by atoms with Crippen LogP contribution in [0.4, 0.5) is 13.2 Å². The molecule has 192 valence electrons. The van der Waals surface area contributed by atoms with E-state index >= 15 is 0 Å². The van der Waals surface area contributed by atoms with E-state index in [4.69, 9.17) is 14.7 Å². The van der Waals surface area contributed by atoms with Crippen molar-refractivity contribution in [1.29, 1.82) is 5.26 Å². The maximum atomic E-state index is 13.2. The summed E-state index contributed by atoms with van der Waals surface area (Å²) in [7, 11) is 0. The van der Waals surface area contributed by atoms with E-state index in [1.807, 2.05) is 0 Å². The molecule has 3 heterocycles. The number of nitrogens with zero attached hydrogens (tertiary/aromatic N) is 3. The zero-order chi connectivity index (χ0) is 27.1. The number of carbonyl (C=O) groups excluding carboxylic acids is 1. The van der Waals surface area contributed by atoms with E-state index in [1.54, 1.807) is 68.6 Å². The molecule has 0 fully saturated rings. The van der Waals surface area contributed by atoms with Gasteiger partial charge < -0.3 is 18.6 Å². The SMILES string of the molecule is CC1(C)OC(c2ccc(C#N)cc2)=C(c2ccc(OCc3cn4cc(OC(F)(F)F)ccc4n3)cc2)C1=O. The van der Waals surface area contributed by atoms with E-state index in [-0.39, 0.29) is 18.1 Å². The predicted octanol–water partition coefficient (Wildman–Crippen LogP) is 5.93. The lowest BCUT2D eigenvalue weighted by Gasteiger charge is -2.17. The normalized spacial score (nSPS) is 14.9. The fourth-order valence-corrected chi connectivity index (χ4v) is 4.08. The summed E-state index contributed by atoms with van der Waals surface area (Å²) in [6.45, 7) is 3.48. The molecule has 2 aromatic heterocycles. The van der Waals surface area contributed by atoms with Crippen molar-refractivity contribution in [1.82, 2.24) is 9.38 Å². The minimum absolute atomic E-state index is 0.0742. The largest absolute Gasteiger partial charge is 0.573 e. The van der Waals surface area contributed by atoms with Gasteiger partial charge in [-0.2, -0.15) is 5.26 Å². The van der Waals surface area contributed by atoms with Crippen molar-refractivity contribution < 1.29 is 32.2 Å². The predicted molar refractivity (Wildman–Crippen MR) is 131 cm³/mol. The number of alkyl halides is 3. The van der Waals surface area contributed by atoms with Gasteiger partial charge in [-0.05, 0) is 67.9 Å². The van der Waals surface area contributed by atoms with Crippen molar-refractivity contribution >= 4 is 22.8 Å². The third kappa shape index (κ3) is 5.04. The van der Waals surface area contributed by atoms with Crippen molar-refractivity contribution in [2.75, 3.05) is 0 Å². The van der Waals surface area contributed by atoms with E-state index in [0.29, 0.717) is 45.1 Å². The number of rotatable bonds is 6. The molecule has 0 atom stereocenters. The summed E-state index contributed by atoms with van der Waals surface area (Å²) >= 11 is 0. The lowest BCUT2D eigenvalue weighted by atomic mass is 9.92. The average Bonchev–Trinajstić information content (AvgIpc) is 3.39. The molecule has 0 radical (unpaired) electrons.